The van der Waals surface area contributed by atoms with E-state index < -0.39 is 0 Å². The van der Waals surface area contributed by atoms with Crippen molar-refractivity contribution in [3.05, 3.63) is 11.1 Å². The molecule has 13 heavy (non-hydrogen) atoms. The van der Waals surface area contributed by atoms with E-state index in [4.69, 9.17) is 0 Å². The van der Waals surface area contributed by atoms with Crippen LogP contribution in [0.2, 0.25) is 0 Å². The first-order valence-electron chi connectivity index (χ1n) is 4.92. The van der Waals surface area contributed by atoms with E-state index in [1.54, 1.807) is 0 Å². The van der Waals surface area contributed by atoms with Gasteiger partial charge in [0.05, 0.1) is 5.69 Å². The van der Waals surface area contributed by atoms with Crippen LogP contribution in [0.25, 0.3) is 0 Å². The number of aromatic nitrogens is 2. The van der Waals surface area contributed by atoms with Crippen molar-refractivity contribution in [1.82, 2.24) is 14.9 Å². The third-order valence-corrected chi connectivity index (χ3v) is 3.17. The molecule has 0 saturated heterocycles. The zero-order chi connectivity index (χ0) is 8.93. The van der Waals surface area contributed by atoms with E-state index in [1.807, 2.05) is 5.38 Å². The Hall–Kier alpha value is -0.480. The Kier molecular flexibility index (Phi) is 3.27. The third-order valence-electron chi connectivity index (χ3n) is 2.62. The average Bonchev–Trinajstić information content (AvgIpc) is 2.75. The summed E-state index contributed by atoms with van der Waals surface area (Å²) in [4.78, 5) is 0. The lowest BCUT2D eigenvalue weighted by molar-refractivity contribution is 0.487. The number of nitrogens with one attached hydrogen (secondary N) is 1. The fourth-order valence-corrected chi connectivity index (χ4v) is 2.33. The Labute approximate surface area is 82.7 Å². The maximum absolute atomic E-state index is 3.99. The molecule has 2 rings (SSSR count). The molecule has 0 aromatic carbocycles. The van der Waals surface area contributed by atoms with Gasteiger partial charge >= 0.3 is 0 Å². The Morgan fingerprint density at radius 3 is 3.00 bits per heavy atom. The van der Waals surface area contributed by atoms with E-state index >= 15 is 0 Å². The number of hydrogen-bond acceptors (Lipinski definition) is 4. The molecular formula is C9H15N3S. The van der Waals surface area contributed by atoms with Gasteiger partial charge in [0.15, 0.2) is 0 Å². The molecular weight excluding hydrogens is 182 g/mol. The highest BCUT2D eigenvalue weighted by Crippen LogP contribution is 2.23. The quantitative estimate of drug-likeness (QED) is 0.800. The lowest BCUT2D eigenvalue weighted by atomic mass is 10.1. The molecule has 0 unspecified atom stereocenters. The fraction of sp³-hybridized carbons (Fsp3) is 0.778. The summed E-state index contributed by atoms with van der Waals surface area (Å²) in [7, 11) is 0. The van der Waals surface area contributed by atoms with Gasteiger partial charge in [-0.15, -0.1) is 5.10 Å². The second-order valence-corrected chi connectivity index (χ2v) is 4.29. The maximum atomic E-state index is 3.99. The van der Waals surface area contributed by atoms with Gasteiger partial charge in [-0.1, -0.05) is 17.3 Å². The molecule has 0 radical (unpaired) electrons. The number of hydrogen-bond donors (Lipinski definition) is 1. The molecule has 1 fully saturated rings. The highest BCUT2D eigenvalue weighted by Gasteiger charge is 2.13. The van der Waals surface area contributed by atoms with Crippen LogP contribution < -0.4 is 5.32 Å². The van der Waals surface area contributed by atoms with Crippen LogP contribution in [-0.2, 0) is 6.54 Å². The van der Waals surface area contributed by atoms with Crippen LogP contribution in [0.5, 0.6) is 0 Å². The van der Waals surface area contributed by atoms with Crippen LogP contribution >= 0.6 is 11.5 Å². The average molecular weight is 197 g/mol. The predicted octanol–water partition coefficient (Wildman–Crippen LogP) is 1.82. The van der Waals surface area contributed by atoms with Crippen molar-refractivity contribution in [2.75, 3.05) is 6.54 Å². The van der Waals surface area contributed by atoms with Crippen LogP contribution in [0.1, 0.15) is 31.4 Å². The van der Waals surface area contributed by atoms with Crippen molar-refractivity contribution < 1.29 is 0 Å². The molecule has 0 amide bonds. The Balaban J connectivity index is 1.63. The van der Waals surface area contributed by atoms with Crippen LogP contribution in [0.15, 0.2) is 5.38 Å². The maximum Gasteiger partial charge on any atom is 0.0893 e. The van der Waals surface area contributed by atoms with Crippen LogP contribution in [-0.4, -0.2) is 16.1 Å². The molecule has 0 bridgehead atoms. The largest absolute Gasteiger partial charge is 0.311 e. The molecule has 1 aromatic heterocycles. The van der Waals surface area contributed by atoms with Crippen molar-refractivity contribution in [2.24, 2.45) is 5.92 Å². The molecule has 1 aliphatic rings. The zero-order valence-electron chi connectivity index (χ0n) is 7.70. The summed E-state index contributed by atoms with van der Waals surface area (Å²) < 4.78 is 3.82. The van der Waals surface area contributed by atoms with Gasteiger partial charge in [0.25, 0.3) is 0 Å². The molecule has 0 atom stereocenters. The summed E-state index contributed by atoms with van der Waals surface area (Å²) in [5, 5.41) is 9.42. The standard InChI is InChI=1S/C9H15N3S/c1-2-4-8(3-1)5-10-6-9-7-13-12-11-9/h7-8,10H,1-6H2. The summed E-state index contributed by atoms with van der Waals surface area (Å²) in [5.74, 6) is 0.909. The molecule has 3 nitrogen and oxygen atoms in total. The summed E-state index contributed by atoms with van der Waals surface area (Å²) >= 11 is 1.42. The van der Waals surface area contributed by atoms with E-state index in [9.17, 15) is 0 Å². The highest BCUT2D eigenvalue weighted by atomic mass is 32.1. The minimum absolute atomic E-state index is 0.882. The first kappa shape index (κ1) is 9.09. The number of rotatable bonds is 4. The molecule has 1 heterocycles. The molecule has 4 heteroatoms. The second kappa shape index (κ2) is 4.67. The highest BCUT2D eigenvalue weighted by molar-refractivity contribution is 7.03. The van der Waals surface area contributed by atoms with Gasteiger partial charge in [-0.2, -0.15) is 0 Å². The van der Waals surface area contributed by atoms with E-state index in [2.05, 4.69) is 14.9 Å². The molecule has 0 spiro atoms. The van der Waals surface area contributed by atoms with E-state index in [-0.39, 0.29) is 0 Å². The number of nitrogens with zero attached hydrogens (tertiary/aromatic N) is 2. The summed E-state index contributed by atoms with van der Waals surface area (Å²) in [6.07, 6.45) is 5.65. The molecule has 72 valence electrons. The first-order chi connectivity index (χ1) is 6.45. The summed E-state index contributed by atoms with van der Waals surface area (Å²) in [5.41, 5.74) is 1.07. The van der Waals surface area contributed by atoms with Gasteiger partial charge in [-0.3, -0.25) is 0 Å². The minimum Gasteiger partial charge on any atom is -0.311 e. The molecule has 1 aromatic rings. The topological polar surface area (TPSA) is 37.8 Å². The summed E-state index contributed by atoms with van der Waals surface area (Å²) in [6, 6.07) is 0. The first-order valence-corrected chi connectivity index (χ1v) is 5.75. The molecule has 1 saturated carbocycles. The molecule has 0 aliphatic heterocycles. The van der Waals surface area contributed by atoms with Gasteiger partial charge in [0.1, 0.15) is 0 Å². The minimum atomic E-state index is 0.882. The van der Waals surface area contributed by atoms with Gasteiger partial charge < -0.3 is 5.32 Å². The second-order valence-electron chi connectivity index (χ2n) is 3.68. The Morgan fingerprint density at radius 2 is 2.31 bits per heavy atom. The van der Waals surface area contributed by atoms with Crippen molar-refractivity contribution in [1.29, 1.82) is 0 Å². The van der Waals surface area contributed by atoms with E-state index in [0.29, 0.717) is 0 Å². The van der Waals surface area contributed by atoms with Crippen LogP contribution in [0.4, 0.5) is 0 Å². The summed E-state index contributed by atoms with van der Waals surface area (Å²) in [6.45, 7) is 2.03. The monoisotopic (exact) mass is 197 g/mol. The predicted molar refractivity (Wildman–Crippen MR) is 53.6 cm³/mol. The Morgan fingerprint density at radius 1 is 1.46 bits per heavy atom. The normalized spacial score (nSPS) is 18.2. The fourth-order valence-electron chi connectivity index (χ4n) is 1.88. The smallest absolute Gasteiger partial charge is 0.0893 e. The van der Waals surface area contributed by atoms with Crippen LogP contribution in [0, 0.1) is 5.92 Å². The SMILES string of the molecule is c1snnc1CNCC1CCCC1. The van der Waals surface area contributed by atoms with Gasteiger partial charge in [-0.25, -0.2) is 0 Å². The zero-order valence-corrected chi connectivity index (χ0v) is 8.52. The van der Waals surface area contributed by atoms with Gasteiger partial charge in [-0.05, 0) is 36.8 Å². The van der Waals surface area contributed by atoms with E-state index in [1.165, 1.54) is 37.2 Å². The third kappa shape index (κ3) is 2.74. The van der Waals surface area contributed by atoms with Crippen LogP contribution in [0.3, 0.4) is 0 Å². The van der Waals surface area contributed by atoms with Crippen molar-refractivity contribution in [2.45, 2.75) is 32.2 Å². The van der Waals surface area contributed by atoms with Gasteiger partial charge in [0, 0.05) is 11.9 Å². The van der Waals surface area contributed by atoms with Crippen molar-refractivity contribution >= 4 is 11.5 Å². The van der Waals surface area contributed by atoms with E-state index in [0.717, 1.165) is 24.7 Å². The molecule has 1 N–H and O–H groups in total. The molecule has 1 aliphatic carbocycles. The van der Waals surface area contributed by atoms with Crippen molar-refractivity contribution in [3.63, 3.8) is 0 Å². The van der Waals surface area contributed by atoms with Crippen molar-refractivity contribution in [3.8, 4) is 0 Å². The lowest BCUT2D eigenvalue weighted by Gasteiger charge is -2.08. The van der Waals surface area contributed by atoms with Gasteiger partial charge in [0.2, 0.25) is 0 Å². The Bertz CT molecular complexity index is 229. The lowest BCUT2D eigenvalue weighted by Crippen LogP contribution is -2.20.